The fraction of sp³-hybridized carbons (Fsp3) is 0.314. The Morgan fingerprint density at radius 3 is 0.675 bits per heavy atom. The molecule has 656 valence electrons. The summed E-state index contributed by atoms with van der Waals surface area (Å²) in [6.45, 7) is 37.2. The number of aromatic hydroxyl groups is 4. The number of ketones is 10. The number of likely N-dealkylation sites (N-methyl/N-ethyl adjacent to an activating group) is 3. The molecule has 10 aromatic carbocycles. The van der Waals surface area contributed by atoms with Gasteiger partial charge in [-0.3, -0.25) is 47.9 Å². The number of hydrogen-bond donors (Lipinski definition) is 9. The van der Waals surface area contributed by atoms with E-state index >= 15 is 0 Å². The third-order valence-corrected chi connectivity index (χ3v) is 23.2. The zero-order valence-electron chi connectivity index (χ0n) is 75.0. The SMILES string of the molecule is CC(=O)c1cc2c3cc(C(C)=O)c(O)cc3n(CCNC(C)C)c2cc1O.CCC(C)NCCn1c2cc(O)c(C(C)=O)cc2c2cc(C(C)=O)c(O)cc21.CCNCCn1c2ccc(C(C)=O)cc2c2cc(C(C)=O)ccc21.CCNCCn1c2ccc(C(C)=O)cc2c2cc(C(C)=O)ccc21.CNCCn1c2ccc(C(C)=O)cc2c2cc(C(C)=O)ccc21. The predicted octanol–water partition coefficient (Wildman–Crippen LogP) is 18.6. The Bertz CT molecular complexity index is 6300. The first-order valence-electron chi connectivity index (χ1n) is 42.9. The van der Waals surface area contributed by atoms with E-state index in [1.54, 1.807) is 90.1 Å². The van der Waals surface area contributed by atoms with Crippen molar-refractivity contribution in [2.75, 3.05) is 52.9 Å². The summed E-state index contributed by atoms with van der Waals surface area (Å²) >= 11 is 0. The Hall–Kier alpha value is -13.1. The first kappa shape index (κ1) is 93.6. The highest BCUT2D eigenvalue weighted by molar-refractivity contribution is 6.19. The highest BCUT2D eigenvalue weighted by Crippen LogP contribution is 2.41. The van der Waals surface area contributed by atoms with Crippen LogP contribution in [-0.2, 0) is 32.7 Å². The van der Waals surface area contributed by atoms with Crippen molar-refractivity contribution in [1.82, 2.24) is 49.4 Å². The van der Waals surface area contributed by atoms with Gasteiger partial charge in [0.1, 0.15) is 23.0 Å². The highest BCUT2D eigenvalue weighted by Gasteiger charge is 2.24. The number of Topliss-reactive ketones (excluding diaryl/α,β-unsaturated/α-hetero) is 10. The minimum absolute atomic E-state index is 0.0470. The minimum Gasteiger partial charge on any atom is -0.507 e. The summed E-state index contributed by atoms with van der Waals surface area (Å²) in [6, 6.07) is 48.5. The van der Waals surface area contributed by atoms with E-state index in [1.165, 1.54) is 27.7 Å². The largest absolute Gasteiger partial charge is 0.507 e. The van der Waals surface area contributed by atoms with Crippen LogP contribution in [0.5, 0.6) is 23.0 Å². The van der Waals surface area contributed by atoms with Gasteiger partial charge in [-0.05, 0) is 236 Å². The summed E-state index contributed by atoms with van der Waals surface area (Å²) in [7, 11) is 1.93. The van der Waals surface area contributed by atoms with Crippen LogP contribution in [0.1, 0.15) is 221 Å². The van der Waals surface area contributed by atoms with Gasteiger partial charge < -0.3 is 69.8 Å². The van der Waals surface area contributed by atoms with Gasteiger partial charge in [0.2, 0.25) is 0 Å². The second-order valence-electron chi connectivity index (χ2n) is 32.4. The third kappa shape index (κ3) is 20.3. The standard InChI is InChI=1S/C22H26N2O4.C21H24N2O4.2C20H22N2O2.C19H20N2O2/c1-5-12(2)23-6-7-24-19-10-21(27)15(13(3)25)8-17(19)18-9-16(14(4)26)22(28)11-20(18)24;1-11(2)22-5-6-23-18-9-20(26)14(12(3)24)7-16(18)17-8-15(13(4)25)21(27)10-19(17)23;2*1-4-21-9-10-22-19-7-5-15(13(2)23)11-17(19)18-12-16(14(3)24)6-8-20(18)22;1-12(22)14-4-6-18-16(10-14)17-11-15(13(2)23)5-7-19(17)21(18)9-8-20-3/h8-12,23,27-28H,5-7H2,1-4H3;7-11,22,26-27H,5-6H2,1-4H3;2*5-8,11-12,21H,4,9-10H2,1-3H3;4-7,10-11,20H,8-9H2,1-3H3. The monoisotopic (exact) mass is 1700 g/mol. The summed E-state index contributed by atoms with van der Waals surface area (Å²) in [6.07, 6.45) is 1.01. The normalized spacial score (nSPS) is 11.6. The maximum atomic E-state index is 11.9. The highest BCUT2D eigenvalue weighted by atomic mass is 16.3. The second-order valence-corrected chi connectivity index (χ2v) is 32.4. The molecule has 0 spiro atoms. The van der Waals surface area contributed by atoms with Crippen molar-refractivity contribution in [2.45, 2.75) is 162 Å². The van der Waals surface area contributed by atoms with Gasteiger partial charge in [0.05, 0.1) is 44.3 Å². The van der Waals surface area contributed by atoms with Crippen LogP contribution in [0.4, 0.5) is 0 Å². The molecule has 5 heterocycles. The molecule has 0 bridgehead atoms. The first-order chi connectivity index (χ1) is 60.0. The van der Waals surface area contributed by atoms with Crippen molar-refractivity contribution < 1.29 is 68.4 Å². The van der Waals surface area contributed by atoms with Gasteiger partial charge in [0.15, 0.2) is 57.8 Å². The van der Waals surface area contributed by atoms with E-state index in [0.29, 0.717) is 71.6 Å². The van der Waals surface area contributed by atoms with Gasteiger partial charge in [-0.25, -0.2) is 0 Å². The zero-order chi connectivity index (χ0) is 91.6. The Kier molecular flexibility index (Phi) is 30.2. The van der Waals surface area contributed by atoms with E-state index in [-0.39, 0.29) is 103 Å². The fourth-order valence-corrected chi connectivity index (χ4v) is 16.3. The van der Waals surface area contributed by atoms with E-state index < -0.39 is 0 Å². The minimum atomic E-state index is -0.234. The Balaban J connectivity index is 0.000000153. The Morgan fingerprint density at radius 2 is 0.476 bits per heavy atom. The van der Waals surface area contributed by atoms with Crippen LogP contribution in [0.3, 0.4) is 0 Å². The molecule has 15 rings (SSSR count). The van der Waals surface area contributed by atoms with Crippen LogP contribution >= 0.6 is 0 Å². The second kappa shape index (κ2) is 40.7. The summed E-state index contributed by atoms with van der Waals surface area (Å²) in [5, 5.41) is 67.1. The number of nitrogens with one attached hydrogen (secondary N) is 5. The zero-order valence-corrected chi connectivity index (χ0v) is 75.0. The van der Waals surface area contributed by atoms with E-state index in [9.17, 15) is 68.4 Å². The van der Waals surface area contributed by atoms with E-state index in [4.69, 9.17) is 0 Å². The van der Waals surface area contributed by atoms with Crippen molar-refractivity contribution in [3.05, 3.63) is 213 Å². The maximum absolute atomic E-state index is 11.9. The number of phenolic OH excluding ortho intramolecular Hbond substituents is 4. The van der Waals surface area contributed by atoms with Gasteiger partial charge in [-0.2, -0.15) is 0 Å². The number of carbonyl (C=O) groups excluding carboxylic acids is 10. The van der Waals surface area contributed by atoms with Gasteiger partial charge in [0, 0.05) is 222 Å². The summed E-state index contributed by atoms with van der Waals surface area (Å²) < 4.78 is 10.7. The molecule has 0 amide bonds. The summed E-state index contributed by atoms with van der Waals surface area (Å²) in [5.41, 5.74) is 14.7. The van der Waals surface area contributed by atoms with Crippen LogP contribution < -0.4 is 26.6 Å². The third-order valence-electron chi connectivity index (χ3n) is 23.2. The molecule has 1 unspecified atom stereocenters. The lowest BCUT2D eigenvalue weighted by molar-refractivity contribution is 0.100. The molecule has 1 atom stereocenters. The average molecular weight is 1700 g/mol. The maximum Gasteiger partial charge on any atom is 0.163 e. The van der Waals surface area contributed by atoms with Crippen molar-refractivity contribution in [3.8, 4) is 23.0 Å². The number of hydrogen-bond acceptors (Lipinski definition) is 19. The molecule has 5 aromatic heterocycles. The van der Waals surface area contributed by atoms with Crippen molar-refractivity contribution >= 4 is 167 Å². The predicted molar refractivity (Wildman–Crippen MR) is 506 cm³/mol. The lowest BCUT2D eigenvalue weighted by Crippen LogP contribution is -2.28. The first-order valence-corrected chi connectivity index (χ1v) is 42.9. The number of phenols is 4. The molecule has 15 aromatic rings. The van der Waals surface area contributed by atoms with Crippen LogP contribution in [0.15, 0.2) is 158 Å². The molecule has 0 aliphatic rings. The molecule has 0 saturated carbocycles. The van der Waals surface area contributed by atoms with Gasteiger partial charge in [-0.1, -0.05) is 34.6 Å². The van der Waals surface area contributed by atoms with E-state index in [2.05, 4.69) is 81.8 Å². The van der Waals surface area contributed by atoms with Gasteiger partial charge in [-0.15, -0.1) is 0 Å². The lowest BCUT2D eigenvalue weighted by Gasteiger charge is -2.13. The quantitative estimate of drug-likeness (QED) is 0.0149. The Morgan fingerprint density at radius 1 is 0.270 bits per heavy atom. The molecule has 126 heavy (non-hydrogen) atoms. The average Bonchev–Trinajstić information content (AvgIpc) is 1.61. The molecular formula is C102H114N10O14. The van der Waals surface area contributed by atoms with Crippen LogP contribution in [-0.4, -0.2) is 166 Å². The van der Waals surface area contributed by atoms with Crippen LogP contribution in [0, 0.1) is 0 Å². The lowest BCUT2D eigenvalue weighted by atomic mass is 10.0. The molecule has 0 saturated heterocycles. The molecule has 24 nitrogen and oxygen atoms in total. The van der Waals surface area contributed by atoms with Gasteiger partial charge >= 0.3 is 0 Å². The van der Waals surface area contributed by atoms with Crippen molar-refractivity contribution in [2.24, 2.45) is 0 Å². The molecular weight excluding hydrogens is 1590 g/mol. The number of carbonyl (C=O) groups is 10. The molecule has 24 heteroatoms. The number of benzene rings is 10. The van der Waals surface area contributed by atoms with E-state index in [1.807, 2.05) is 125 Å². The fourth-order valence-electron chi connectivity index (χ4n) is 16.3. The molecule has 0 aliphatic heterocycles. The summed E-state index contributed by atoms with van der Waals surface area (Å²) in [4.78, 5) is 118. The molecule has 0 aliphatic carbocycles. The van der Waals surface area contributed by atoms with E-state index in [0.717, 1.165) is 168 Å². The summed E-state index contributed by atoms with van der Waals surface area (Å²) in [5.74, 6) is -0.943. The molecule has 0 radical (unpaired) electrons. The van der Waals surface area contributed by atoms with Crippen LogP contribution in [0.25, 0.3) is 109 Å². The number of rotatable bonds is 30. The topological polar surface area (TPSA) is 336 Å². The van der Waals surface area contributed by atoms with Crippen molar-refractivity contribution in [1.29, 1.82) is 0 Å². The number of fused-ring (bicyclic) bond motifs is 15. The molecule has 9 N–H and O–H groups in total. The van der Waals surface area contributed by atoms with Crippen LogP contribution in [0.2, 0.25) is 0 Å². The number of nitrogens with zero attached hydrogens (tertiary/aromatic N) is 5. The van der Waals surface area contributed by atoms with Crippen molar-refractivity contribution in [3.63, 3.8) is 0 Å². The number of aromatic nitrogens is 5. The smallest absolute Gasteiger partial charge is 0.163 e. The Labute approximate surface area is 731 Å². The molecule has 0 fully saturated rings. The van der Waals surface area contributed by atoms with Gasteiger partial charge in [0.25, 0.3) is 0 Å².